The van der Waals surface area contributed by atoms with Crippen LogP contribution in [0.15, 0.2) is 0 Å². The molecule has 0 aromatic rings. The van der Waals surface area contributed by atoms with Gasteiger partial charge in [-0.1, -0.05) is 13.8 Å². The van der Waals surface area contributed by atoms with Crippen molar-refractivity contribution in [3.05, 3.63) is 0 Å². The molecule has 0 aromatic heterocycles. The van der Waals surface area contributed by atoms with E-state index in [9.17, 15) is 0 Å². The van der Waals surface area contributed by atoms with Crippen LogP contribution < -0.4 is 5.32 Å². The second-order valence-corrected chi connectivity index (χ2v) is 6.81. The fourth-order valence-electron chi connectivity index (χ4n) is 2.72. The number of ether oxygens (including phenoxy) is 1. The van der Waals surface area contributed by atoms with E-state index < -0.39 is 0 Å². The average Bonchev–Trinajstić information content (AvgIpc) is 2.34. The summed E-state index contributed by atoms with van der Waals surface area (Å²) in [5, 5.41) is 4.31. The molecule has 102 valence electrons. The lowest BCUT2D eigenvalue weighted by Crippen LogP contribution is -2.41. The van der Waals surface area contributed by atoms with Gasteiger partial charge in [0.2, 0.25) is 0 Å². The van der Waals surface area contributed by atoms with Gasteiger partial charge in [-0.3, -0.25) is 0 Å². The molecule has 3 unspecified atom stereocenters. The van der Waals surface area contributed by atoms with E-state index in [4.69, 9.17) is 4.74 Å². The molecule has 2 nitrogen and oxygen atoms in total. The summed E-state index contributed by atoms with van der Waals surface area (Å²) in [5.41, 5.74) is 0. The van der Waals surface area contributed by atoms with Gasteiger partial charge in [0.1, 0.15) is 0 Å². The maximum atomic E-state index is 5.11. The summed E-state index contributed by atoms with van der Waals surface area (Å²) in [6, 6.07) is 0.720. The van der Waals surface area contributed by atoms with Gasteiger partial charge >= 0.3 is 0 Å². The number of hydrogen-bond donors (Lipinski definition) is 1. The molecule has 0 aliphatic heterocycles. The summed E-state index contributed by atoms with van der Waals surface area (Å²) in [6.07, 6.45) is 5.32. The molecule has 17 heavy (non-hydrogen) atoms. The third-order valence-electron chi connectivity index (χ3n) is 3.97. The first-order valence-corrected chi connectivity index (χ1v) is 8.01. The summed E-state index contributed by atoms with van der Waals surface area (Å²) in [4.78, 5) is 0. The van der Waals surface area contributed by atoms with Gasteiger partial charge in [-0.05, 0) is 50.3 Å². The zero-order valence-electron chi connectivity index (χ0n) is 11.9. The molecule has 0 spiro atoms. The molecule has 1 saturated carbocycles. The minimum absolute atomic E-state index is 0.720. The normalized spacial score (nSPS) is 29.8. The standard InChI is InChI=1S/C14H29NOS/c1-11(2)12-6-7-13(15-3)14(10-12)17-9-5-8-16-4/h11-15H,5-10H2,1-4H3. The minimum Gasteiger partial charge on any atom is -0.385 e. The van der Waals surface area contributed by atoms with Crippen molar-refractivity contribution in [2.24, 2.45) is 11.8 Å². The van der Waals surface area contributed by atoms with E-state index in [1.807, 2.05) is 0 Å². The molecule has 1 aliphatic carbocycles. The lowest BCUT2D eigenvalue weighted by molar-refractivity contribution is 0.200. The largest absolute Gasteiger partial charge is 0.385 e. The molecular weight excluding hydrogens is 230 g/mol. The zero-order valence-corrected chi connectivity index (χ0v) is 12.7. The smallest absolute Gasteiger partial charge is 0.0470 e. The van der Waals surface area contributed by atoms with Gasteiger partial charge in [-0.15, -0.1) is 0 Å². The second-order valence-electron chi connectivity index (χ2n) is 5.47. The molecule has 3 heteroatoms. The fourth-order valence-corrected chi connectivity index (χ4v) is 4.19. The Hall–Kier alpha value is 0.270. The monoisotopic (exact) mass is 259 g/mol. The zero-order chi connectivity index (χ0) is 12.7. The lowest BCUT2D eigenvalue weighted by Gasteiger charge is -2.37. The van der Waals surface area contributed by atoms with Gasteiger partial charge in [0.05, 0.1) is 0 Å². The van der Waals surface area contributed by atoms with Gasteiger partial charge in [-0.2, -0.15) is 11.8 Å². The van der Waals surface area contributed by atoms with Crippen molar-refractivity contribution in [2.45, 2.75) is 50.8 Å². The Labute approximate surface area is 111 Å². The van der Waals surface area contributed by atoms with Crippen LogP contribution in [0.4, 0.5) is 0 Å². The van der Waals surface area contributed by atoms with Crippen molar-refractivity contribution < 1.29 is 4.74 Å². The van der Waals surface area contributed by atoms with E-state index in [0.717, 1.165) is 29.7 Å². The van der Waals surface area contributed by atoms with Crippen molar-refractivity contribution in [1.82, 2.24) is 5.32 Å². The molecule has 0 aromatic carbocycles. The highest BCUT2D eigenvalue weighted by Crippen LogP contribution is 2.36. The summed E-state index contributed by atoms with van der Waals surface area (Å²) >= 11 is 2.15. The fraction of sp³-hybridized carbons (Fsp3) is 1.00. The van der Waals surface area contributed by atoms with Crippen molar-refractivity contribution in [3.8, 4) is 0 Å². The minimum atomic E-state index is 0.720. The van der Waals surface area contributed by atoms with Crippen LogP contribution in [-0.2, 0) is 4.74 Å². The molecule has 1 rings (SSSR count). The van der Waals surface area contributed by atoms with Crippen LogP contribution in [0, 0.1) is 11.8 Å². The maximum Gasteiger partial charge on any atom is 0.0470 e. The number of thioether (sulfide) groups is 1. The first kappa shape index (κ1) is 15.3. The Bertz CT molecular complexity index is 199. The Morgan fingerprint density at radius 3 is 2.71 bits per heavy atom. The van der Waals surface area contributed by atoms with Gasteiger partial charge < -0.3 is 10.1 Å². The number of methoxy groups -OCH3 is 1. The van der Waals surface area contributed by atoms with E-state index >= 15 is 0 Å². The van der Waals surface area contributed by atoms with Crippen LogP contribution in [-0.4, -0.2) is 37.8 Å². The Morgan fingerprint density at radius 2 is 2.12 bits per heavy atom. The topological polar surface area (TPSA) is 21.3 Å². The van der Waals surface area contributed by atoms with Crippen molar-refractivity contribution >= 4 is 11.8 Å². The van der Waals surface area contributed by atoms with Crippen LogP contribution in [0.5, 0.6) is 0 Å². The molecular formula is C14H29NOS. The van der Waals surface area contributed by atoms with Crippen LogP contribution in [0.2, 0.25) is 0 Å². The molecule has 1 fully saturated rings. The van der Waals surface area contributed by atoms with Gasteiger partial charge in [0.15, 0.2) is 0 Å². The maximum absolute atomic E-state index is 5.11. The summed E-state index contributed by atoms with van der Waals surface area (Å²) in [7, 11) is 3.90. The first-order valence-electron chi connectivity index (χ1n) is 6.96. The van der Waals surface area contributed by atoms with Gasteiger partial charge in [0.25, 0.3) is 0 Å². The van der Waals surface area contributed by atoms with E-state index in [-0.39, 0.29) is 0 Å². The van der Waals surface area contributed by atoms with Crippen molar-refractivity contribution in [3.63, 3.8) is 0 Å². The molecule has 0 amide bonds. The third kappa shape index (κ3) is 5.19. The Balaban J connectivity index is 2.34. The molecule has 1 aliphatic rings. The molecule has 3 atom stereocenters. The number of rotatable bonds is 7. The molecule has 0 radical (unpaired) electrons. The number of hydrogen-bond acceptors (Lipinski definition) is 3. The molecule has 0 bridgehead atoms. The SMILES string of the molecule is CNC1CCC(C(C)C)CC1SCCCOC. The molecule has 0 heterocycles. The lowest BCUT2D eigenvalue weighted by atomic mass is 9.79. The highest BCUT2D eigenvalue weighted by Gasteiger charge is 2.30. The number of nitrogens with one attached hydrogen (secondary N) is 1. The van der Waals surface area contributed by atoms with Gasteiger partial charge in [-0.25, -0.2) is 0 Å². The predicted octanol–water partition coefficient (Wildman–Crippen LogP) is 3.17. The van der Waals surface area contributed by atoms with Crippen LogP contribution in [0.1, 0.15) is 39.5 Å². The van der Waals surface area contributed by atoms with Gasteiger partial charge in [0, 0.05) is 25.0 Å². The van der Waals surface area contributed by atoms with Crippen LogP contribution in [0.3, 0.4) is 0 Å². The van der Waals surface area contributed by atoms with E-state index in [0.29, 0.717) is 0 Å². The Kier molecular flexibility index (Phi) is 7.56. The summed E-state index contributed by atoms with van der Waals surface area (Å²) < 4.78 is 5.11. The van der Waals surface area contributed by atoms with Crippen molar-refractivity contribution in [1.29, 1.82) is 0 Å². The Morgan fingerprint density at radius 1 is 1.35 bits per heavy atom. The highest BCUT2D eigenvalue weighted by molar-refractivity contribution is 7.99. The predicted molar refractivity (Wildman–Crippen MR) is 77.8 cm³/mol. The summed E-state index contributed by atoms with van der Waals surface area (Å²) in [6.45, 7) is 5.64. The third-order valence-corrected chi connectivity index (χ3v) is 5.44. The van der Waals surface area contributed by atoms with Crippen LogP contribution >= 0.6 is 11.8 Å². The first-order chi connectivity index (χ1) is 8.19. The molecule has 1 N–H and O–H groups in total. The highest BCUT2D eigenvalue weighted by atomic mass is 32.2. The average molecular weight is 259 g/mol. The van der Waals surface area contributed by atoms with E-state index in [1.54, 1.807) is 7.11 Å². The van der Waals surface area contributed by atoms with Crippen molar-refractivity contribution in [2.75, 3.05) is 26.5 Å². The van der Waals surface area contributed by atoms with E-state index in [1.165, 1.54) is 31.4 Å². The summed E-state index contributed by atoms with van der Waals surface area (Å²) in [5.74, 6) is 3.01. The molecule has 0 saturated heterocycles. The quantitative estimate of drug-likeness (QED) is 0.710. The van der Waals surface area contributed by atoms with E-state index in [2.05, 4.69) is 38.0 Å². The van der Waals surface area contributed by atoms with Crippen LogP contribution in [0.25, 0.3) is 0 Å². The second kappa shape index (κ2) is 8.39.